The van der Waals surface area contributed by atoms with E-state index in [-0.39, 0.29) is 0 Å². The number of hydrogen-bond donors (Lipinski definition) is 1. The highest BCUT2D eigenvalue weighted by molar-refractivity contribution is 6.32. The second-order valence-corrected chi connectivity index (χ2v) is 4.13. The lowest BCUT2D eigenvalue weighted by Crippen LogP contribution is -1.91. The first-order chi connectivity index (χ1) is 8.27. The zero-order chi connectivity index (χ0) is 11.8. The molecule has 4 nitrogen and oxygen atoms in total. The molecule has 0 atom stereocenters. The molecular formula is C12H9ClN4. The van der Waals surface area contributed by atoms with Crippen LogP contribution in [0.2, 0.25) is 5.15 Å². The molecule has 2 aromatic heterocycles. The third-order valence-corrected chi connectivity index (χ3v) is 2.98. The van der Waals surface area contributed by atoms with Crippen molar-refractivity contribution in [2.75, 3.05) is 0 Å². The van der Waals surface area contributed by atoms with Crippen LogP contribution in [0.3, 0.4) is 0 Å². The molecule has 0 saturated carbocycles. The van der Waals surface area contributed by atoms with E-state index in [9.17, 15) is 0 Å². The van der Waals surface area contributed by atoms with Crippen LogP contribution in [0.15, 0.2) is 30.6 Å². The van der Waals surface area contributed by atoms with Crippen LogP contribution in [0.1, 0.15) is 5.69 Å². The number of nitrogens with zero attached hydrogens (tertiary/aromatic N) is 3. The molecular weight excluding hydrogens is 236 g/mol. The van der Waals surface area contributed by atoms with Gasteiger partial charge in [-0.2, -0.15) is 0 Å². The van der Waals surface area contributed by atoms with E-state index in [0.717, 1.165) is 22.2 Å². The maximum atomic E-state index is 6.06. The van der Waals surface area contributed by atoms with Crippen molar-refractivity contribution in [3.63, 3.8) is 0 Å². The second kappa shape index (κ2) is 3.82. The molecule has 0 radical (unpaired) electrons. The van der Waals surface area contributed by atoms with Crippen molar-refractivity contribution in [2.24, 2.45) is 0 Å². The molecule has 2 heterocycles. The van der Waals surface area contributed by atoms with Crippen LogP contribution in [0.5, 0.6) is 0 Å². The number of nitrogens with one attached hydrogen (secondary N) is 1. The quantitative estimate of drug-likeness (QED) is 0.716. The van der Waals surface area contributed by atoms with Crippen LogP contribution in [0, 0.1) is 6.92 Å². The highest BCUT2D eigenvalue weighted by Crippen LogP contribution is 2.33. The molecule has 3 rings (SSSR count). The first-order valence-electron chi connectivity index (χ1n) is 5.18. The summed E-state index contributed by atoms with van der Waals surface area (Å²) in [4.78, 5) is 7.26. The smallest absolute Gasteiger partial charge is 0.159 e. The first-order valence-corrected chi connectivity index (χ1v) is 5.56. The van der Waals surface area contributed by atoms with Crippen LogP contribution >= 0.6 is 11.6 Å². The Labute approximate surface area is 103 Å². The minimum absolute atomic E-state index is 0.368. The van der Waals surface area contributed by atoms with E-state index in [1.807, 2.05) is 31.2 Å². The van der Waals surface area contributed by atoms with E-state index >= 15 is 0 Å². The maximum Gasteiger partial charge on any atom is 0.159 e. The SMILES string of the molecule is Cc1[nH]c2ccccc2c1-c1nncnc1Cl. The summed E-state index contributed by atoms with van der Waals surface area (Å²) >= 11 is 6.06. The zero-order valence-corrected chi connectivity index (χ0v) is 9.86. The van der Waals surface area contributed by atoms with Crippen molar-refractivity contribution in [2.45, 2.75) is 6.92 Å². The van der Waals surface area contributed by atoms with Crippen LogP contribution in [0.25, 0.3) is 22.2 Å². The molecule has 3 aromatic rings. The zero-order valence-electron chi connectivity index (χ0n) is 9.11. The molecule has 17 heavy (non-hydrogen) atoms. The van der Waals surface area contributed by atoms with Gasteiger partial charge in [0.1, 0.15) is 12.0 Å². The van der Waals surface area contributed by atoms with Gasteiger partial charge >= 0.3 is 0 Å². The van der Waals surface area contributed by atoms with E-state index in [1.165, 1.54) is 6.33 Å². The lowest BCUT2D eigenvalue weighted by Gasteiger charge is -2.00. The summed E-state index contributed by atoms with van der Waals surface area (Å²) in [7, 11) is 0. The Bertz CT molecular complexity index is 690. The third-order valence-electron chi connectivity index (χ3n) is 2.71. The molecule has 0 aliphatic heterocycles. The predicted octanol–water partition coefficient (Wildman–Crippen LogP) is 2.98. The monoisotopic (exact) mass is 244 g/mol. The van der Waals surface area contributed by atoms with E-state index in [1.54, 1.807) is 0 Å². The fourth-order valence-electron chi connectivity index (χ4n) is 2.00. The Morgan fingerprint density at radius 2 is 2.06 bits per heavy atom. The van der Waals surface area contributed by atoms with Gasteiger partial charge in [0, 0.05) is 22.2 Å². The minimum Gasteiger partial charge on any atom is -0.358 e. The van der Waals surface area contributed by atoms with Crippen molar-refractivity contribution in [3.8, 4) is 11.3 Å². The van der Waals surface area contributed by atoms with Gasteiger partial charge in [0.25, 0.3) is 0 Å². The number of benzene rings is 1. The van der Waals surface area contributed by atoms with E-state index in [4.69, 9.17) is 11.6 Å². The Hall–Kier alpha value is -1.94. The fraction of sp³-hybridized carbons (Fsp3) is 0.0833. The second-order valence-electron chi connectivity index (χ2n) is 3.77. The van der Waals surface area contributed by atoms with Crippen LogP contribution in [-0.2, 0) is 0 Å². The standard InChI is InChI=1S/C12H9ClN4/c1-7-10(11-12(13)14-6-15-17-11)8-4-2-3-5-9(8)16-7/h2-6,16H,1H3. The molecule has 0 unspecified atom stereocenters. The molecule has 0 fully saturated rings. The van der Waals surface area contributed by atoms with Gasteiger partial charge in [-0.05, 0) is 13.0 Å². The number of aromatic amines is 1. The number of aromatic nitrogens is 4. The lowest BCUT2D eigenvalue weighted by molar-refractivity contribution is 0.976. The number of halogens is 1. The summed E-state index contributed by atoms with van der Waals surface area (Å²) in [5.41, 5.74) is 3.65. The van der Waals surface area contributed by atoms with Gasteiger partial charge in [-0.15, -0.1) is 10.2 Å². The maximum absolute atomic E-state index is 6.06. The number of fused-ring (bicyclic) bond motifs is 1. The lowest BCUT2D eigenvalue weighted by atomic mass is 10.1. The highest BCUT2D eigenvalue weighted by atomic mass is 35.5. The molecule has 0 amide bonds. The average molecular weight is 245 g/mol. The first kappa shape index (κ1) is 10.2. The van der Waals surface area contributed by atoms with E-state index < -0.39 is 0 Å². The topological polar surface area (TPSA) is 54.5 Å². The molecule has 0 bridgehead atoms. The molecule has 0 saturated heterocycles. The van der Waals surface area contributed by atoms with Crippen LogP contribution in [0.4, 0.5) is 0 Å². The van der Waals surface area contributed by atoms with Gasteiger partial charge in [0.15, 0.2) is 5.15 Å². The summed E-state index contributed by atoms with van der Waals surface area (Å²) in [6.07, 6.45) is 1.34. The van der Waals surface area contributed by atoms with Crippen molar-refractivity contribution in [3.05, 3.63) is 41.4 Å². The fourth-order valence-corrected chi connectivity index (χ4v) is 2.17. The Morgan fingerprint density at radius 1 is 1.24 bits per heavy atom. The van der Waals surface area contributed by atoms with Gasteiger partial charge in [-0.25, -0.2) is 4.98 Å². The average Bonchev–Trinajstić information content (AvgIpc) is 2.66. The molecule has 5 heteroatoms. The Balaban J connectivity index is 2.38. The number of H-pyrrole nitrogens is 1. The molecule has 84 valence electrons. The van der Waals surface area contributed by atoms with Gasteiger partial charge in [0.05, 0.1) is 0 Å². The summed E-state index contributed by atoms with van der Waals surface area (Å²) in [6, 6.07) is 8.01. The van der Waals surface area contributed by atoms with E-state index in [2.05, 4.69) is 20.2 Å². The minimum atomic E-state index is 0.368. The molecule has 0 aliphatic rings. The van der Waals surface area contributed by atoms with Crippen molar-refractivity contribution < 1.29 is 0 Å². The number of aryl methyl sites for hydroxylation is 1. The summed E-state index contributed by atoms with van der Waals surface area (Å²) < 4.78 is 0. The third kappa shape index (κ3) is 1.57. The van der Waals surface area contributed by atoms with Crippen molar-refractivity contribution >= 4 is 22.5 Å². The molecule has 1 N–H and O–H groups in total. The highest BCUT2D eigenvalue weighted by Gasteiger charge is 2.15. The summed E-state index contributed by atoms with van der Waals surface area (Å²) in [5, 5.41) is 9.30. The molecule has 0 spiro atoms. The number of rotatable bonds is 1. The number of para-hydroxylation sites is 1. The van der Waals surface area contributed by atoms with Gasteiger partial charge < -0.3 is 4.98 Å². The summed E-state index contributed by atoms with van der Waals surface area (Å²) in [6.45, 7) is 1.99. The number of hydrogen-bond acceptors (Lipinski definition) is 3. The largest absolute Gasteiger partial charge is 0.358 e. The van der Waals surface area contributed by atoms with Gasteiger partial charge in [0.2, 0.25) is 0 Å². The van der Waals surface area contributed by atoms with E-state index in [0.29, 0.717) is 10.8 Å². The van der Waals surface area contributed by atoms with Crippen LogP contribution < -0.4 is 0 Å². The predicted molar refractivity (Wildman–Crippen MR) is 66.9 cm³/mol. The van der Waals surface area contributed by atoms with Crippen LogP contribution in [-0.4, -0.2) is 20.2 Å². The molecule has 0 aliphatic carbocycles. The molecule has 1 aromatic carbocycles. The van der Waals surface area contributed by atoms with Crippen molar-refractivity contribution in [1.29, 1.82) is 0 Å². The van der Waals surface area contributed by atoms with Crippen molar-refractivity contribution in [1.82, 2.24) is 20.2 Å². The normalized spacial score (nSPS) is 10.9. The Kier molecular flexibility index (Phi) is 2.30. The summed E-state index contributed by atoms with van der Waals surface area (Å²) in [5.74, 6) is 0. The Morgan fingerprint density at radius 3 is 2.88 bits per heavy atom. The van der Waals surface area contributed by atoms with Gasteiger partial charge in [-0.3, -0.25) is 0 Å². The van der Waals surface area contributed by atoms with Gasteiger partial charge in [-0.1, -0.05) is 29.8 Å².